The van der Waals surface area contributed by atoms with Gasteiger partial charge >= 0.3 is 0 Å². The van der Waals surface area contributed by atoms with Gasteiger partial charge in [0.1, 0.15) is 0 Å². The number of benzene rings is 1. The van der Waals surface area contributed by atoms with Gasteiger partial charge in [0, 0.05) is 25.7 Å². The van der Waals surface area contributed by atoms with Gasteiger partial charge in [-0.25, -0.2) is 8.42 Å². The molecule has 0 bridgehead atoms. The molecule has 0 aliphatic carbocycles. The predicted molar refractivity (Wildman–Crippen MR) is 89.7 cm³/mol. The smallest absolute Gasteiger partial charge is 0.243 e. The number of amides is 1. The van der Waals surface area contributed by atoms with Crippen LogP contribution in [0.5, 0.6) is 11.5 Å². The molecule has 1 heterocycles. The Kier molecular flexibility index (Phi) is 6.06. The highest BCUT2D eigenvalue weighted by atomic mass is 32.2. The zero-order valence-electron chi connectivity index (χ0n) is 14.2. The van der Waals surface area contributed by atoms with E-state index in [2.05, 4.69) is 5.32 Å². The van der Waals surface area contributed by atoms with Crippen LogP contribution in [0.4, 0.5) is 0 Å². The lowest BCUT2D eigenvalue weighted by Gasteiger charge is -2.31. The average molecular weight is 356 g/mol. The fourth-order valence-corrected chi connectivity index (χ4v) is 4.36. The highest BCUT2D eigenvalue weighted by molar-refractivity contribution is 7.89. The topological polar surface area (TPSA) is 84.9 Å². The lowest BCUT2D eigenvalue weighted by atomic mass is 9.99. The molecule has 1 aromatic carbocycles. The second kappa shape index (κ2) is 7.85. The molecule has 1 fully saturated rings. The summed E-state index contributed by atoms with van der Waals surface area (Å²) in [5, 5.41) is 2.76. The standard InChI is InChI=1S/C16H24N2O5S/c1-4-17-16(19)12-6-5-9-18(11-12)24(20,21)13-7-8-14(22-2)15(10-13)23-3/h7-8,10,12H,4-6,9,11H2,1-3H3,(H,17,19). The van der Waals surface area contributed by atoms with Crippen molar-refractivity contribution in [1.82, 2.24) is 9.62 Å². The molecule has 7 nitrogen and oxygen atoms in total. The maximum atomic E-state index is 12.9. The second-order valence-electron chi connectivity index (χ2n) is 5.61. The average Bonchev–Trinajstić information content (AvgIpc) is 2.61. The van der Waals surface area contributed by atoms with E-state index in [0.29, 0.717) is 37.4 Å². The molecule has 1 N–H and O–H groups in total. The van der Waals surface area contributed by atoms with Crippen molar-refractivity contribution in [2.24, 2.45) is 5.92 Å². The van der Waals surface area contributed by atoms with Crippen molar-refractivity contribution in [2.75, 3.05) is 33.9 Å². The van der Waals surface area contributed by atoms with Gasteiger partial charge in [0.25, 0.3) is 0 Å². The number of hydrogen-bond donors (Lipinski definition) is 1. The number of piperidine rings is 1. The van der Waals surface area contributed by atoms with Gasteiger partial charge in [-0.1, -0.05) is 0 Å². The molecule has 1 saturated heterocycles. The van der Waals surface area contributed by atoms with E-state index < -0.39 is 10.0 Å². The third-order valence-corrected chi connectivity index (χ3v) is 5.96. The fourth-order valence-electron chi connectivity index (χ4n) is 2.82. The van der Waals surface area contributed by atoms with Gasteiger partial charge in [-0.2, -0.15) is 4.31 Å². The Bertz CT molecular complexity index is 690. The number of carbonyl (C=O) groups is 1. The molecule has 1 aliphatic heterocycles. The maximum absolute atomic E-state index is 12.9. The Morgan fingerprint density at radius 2 is 2.00 bits per heavy atom. The lowest BCUT2D eigenvalue weighted by molar-refractivity contribution is -0.125. The molecule has 0 aromatic heterocycles. The van der Waals surface area contributed by atoms with E-state index in [1.54, 1.807) is 6.07 Å². The van der Waals surface area contributed by atoms with Crippen molar-refractivity contribution in [1.29, 1.82) is 0 Å². The van der Waals surface area contributed by atoms with E-state index in [9.17, 15) is 13.2 Å². The number of rotatable bonds is 6. The Balaban J connectivity index is 2.25. The van der Waals surface area contributed by atoms with Crippen LogP contribution in [0.15, 0.2) is 23.1 Å². The maximum Gasteiger partial charge on any atom is 0.243 e. The van der Waals surface area contributed by atoms with E-state index in [1.807, 2.05) is 6.92 Å². The van der Waals surface area contributed by atoms with Gasteiger partial charge in [-0.05, 0) is 31.9 Å². The van der Waals surface area contributed by atoms with Crippen LogP contribution >= 0.6 is 0 Å². The molecule has 1 unspecified atom stereocenters. The third kappa shape index (κ3) is 3.81. The highest BCUT2D eigenvalue weighted by Gasteiger charge is 2.33. The van der Waals surface area contributed by atoms with Crippen molar-refractivity contribution < 1.29 is 22.7 Å². The van der Waals surface area contributed by atoms with Crippen LogP contribution in [0.1, 0.15) is 19.8 Å². The summed E-state index contributed by atoms with van der Waals surface area (Å²) in [5.41, 5.74) is 0. The number of ether oxygens (including phenoxy) is 2. The van der Waals surface area contributed by atoms with Crippen molar-refractivity contribution in [3.05, 3.63) is 18.2 Å². The molecule has 134 valence electrons. The van der Waals surface area contributed by atoms with Gasteiger partial charge in [-0.3, -0.25) is 4.79 Å². The van der Waals surface area contributed by atoms with E-state index in [1.165, 1.54) is 30.7 Å². The molecule has 1 atom stereocenters. The molecule has 1 amide bonds. The molecular weight excluding hydrogens is 332 g/mol. The van der Waals surface area contributed by atoms with Gasteiger partial charge in [0.05, 0.1) is 25.0 Å². The largest absolute Gasteiger partial charge is 0.493 e. The molecule has 2 rings (SSSR count). The van der Waals surface area contributed by atoms with Crippen molar-refractivity contribution in [2.45, 2.75) is 24.7 Å². The molecule has 1 aromatic rings. The summed E-state index contributed by atoms with van der Waals surface area (Å²) in [6, 6.07) is 4.51. The first-order valence-electron chi connectivity index (χ1n) is 7.94. The normalized spacial score (nSPS) is 18.9. The molecule has 0 saturated carbocycles. The van der Waals surface area contributed by atoms with E-state index in [0.717, 1.165) is 0 Å². The monoisotopic (exact) mass is 356 g/mol. The van der Waals surface area contributed by atoms with Crippen LogP contribution in [0.3, 0.4) is 0 Å². The minimum atomic E-state index is -3.68. The Labute approximate surface area is 143 Å². The van der Waals surface area contributed by atoms with Gasteiger partial charge in [-0.15, -0.1) is 0 Å². The molecule has 0 spiro atoms. The molecule has 1 aliphatic rings. The number of methoxy groups -OCH3 is 2. The van der Waals surface area contributed by atoms with Crippen molar-refractivity contribution in [3.8, 4) is 11.5 Å². The number of hydrogen-bond acceptors (Lipinski definition) is 5. The number of nitrogens with one attached hydrogen (secondary N) is 1. The summed E-state index contributed by atoms with van der Waals surface area (Å²) in [7, 11) is -0.731. The minimum absolute atomic E-state index is 0.0929. The highest BCUT2D eigenvalue weighted by Crippen LogP contribution is 2.32. The van der Waals surface area contributed by atoms with Gasteiger partial charge in [0.15, 0.2) is 11.5 Å². The van der Waals surface area contributed by atoms with Crippen molar-refractivity contribution in [3.63, 3.8) is 0 Å². The van der Waals surface area contributed by atoms with Crippen LogP contribution in [0.25, 0.3) is 0 Å². The summed E-state index contributed by atoms with van der Waals surface area (Å²) in [4.78, 5) is 12.2. The summed E-state index contributed by atoms with van der Waals surface area (Å²) in [6.45, 7) is 2.99. The summed E-state index contributed by atoms with van der Waals surface area (Å²) < 4.78 is 37.4. The first-order valence-corrected chi connectivity index (χ1v) is 9.38. The van der Waals surface area contributed by atoms with Crippen LogP contribution in [0.2, 0.25) is 0 Å². The number of nitrogens with zero attached hydrogens (tertiary/aromatic N) is 1. The zero-order valence-corrected chi connectivity index (χ0v) is 15.1. The van der Waals surface area contributed by atoms with Crippen LogP contribution in [-0.4, -0.2) is 52.5 Å². The van der Waals surface area contributed by atoms with Crippen LogP contribution in [-0.2, 0) is 14.8 Å². The van der Waals surface area contributed by atoms with E-state index in [-0.39, 0.29) is 23.3 Å². The lowest BCUT2D eigenvalue weighted by Crippen LogP contribution is -2.45. The number of carbonyl (C=O) groups excluding carboxylic acids is 1. The third-order valence-electron chi connectivity index (χ3n) is 4.10. The van der Waals surface area contributed by atoms with Crippen LogP contribution < -0.4 is 14.8 Å². The van der Waals surface area contributed by atoms with Gasteiger partial charge < -0.3 is 14.8 Å². The second-order valence-corrected chi connectivity index (χ2v) is 7.55. The Morgan fingerprint density at radius 3 is 2.62 bits per heavy atom. The van der Waals surface area contributed by atoms with E-state index in [4.69, 9.17) is 9.47 Å². The first-order chi connectivity index (χ1) is 11.4. The Hall–Kier alpha value is -1.80. The van der Waals surface area contributed by atoms with Crippen molar-refractivity contribution >= 4 is 15.9 Å². The zero-order chi connectivity index (χ0) is 17.7. The Morgan fingerprint density at radius 1 is 1.29 bits per heavy atom. The first kappa shape index (κ1) is 18.5. The summed E-state index contributed by atoms with van der Waals surface area (Å²) >= 11 is 0. The SMILES string of the molecule is CCNC(=O)C1CCCN(S(=O)(=O)c2ccc(OC)c(OC)c2)C1. The van der Waals surface area contributed by atoms with E-state index >= 15 is 0 Å². The molecule has 8 heteroatoms. The fraction of sp³-hybridized carbons (Fsp3) is 0.562. The van der Waals surface area contributed by atoms with Gasteiger partial charge in [0.2, 0.25) is 15.9 Å². The minimum Gasteiger partial charge on any atom is -0.493 e. The van der Waals surface area contributed by atoms with Crippen LogP contribution in [0, 0.1) is 5.92 Å². The molecule has 0 radical (unpaired) electrons. The molecular formula is C16H24N2O5S. The quantitative estimate of drug-likeness (QED) is 0.829. The number of sulfonamides is 1. The molecule has 24 heavy (non-hydrogen) atoms. The summed E-state index contributed by atoms with van der Waals surface area (Å²) in [5.74, 6) is 0.421. The predicted octanol–water partition coefficient (Wildman–Crippen LogP) is 1.24. The summed E-state index contributed by atoms with van der Waals surface area (Å²) in [6.07, 6.45) is 1.36.